The van der Waals surface area contributed by atoms with E-state index in [9.17, 15) is 0 Å². The highest BCUT2D eigenvalue weighted by Gasteiger charge is 2.20. The lowest BCUT2D eigenvalue weighted by molar-refractivity contribution is 0.0613. The lowest BCUT2D eigenvalue weighted by Crippen LogP contribution is -2.37. The van der Waals surface area contributed by atoms with Crippen LogP contribution in [-0.2, 0) is 16.2 Å². The maximum atomic E-state index is 5.91. The first-order valence-electron chi connectivity index (χ1n) is 13.3. The Morgan fingerprint density at radius 2 is 1.82 bits per heavy atom. The average Bonchev–Trinajstić information content (AvgIpc) is 3.71. The summed E-state index contributed by atoms with van der Waals surface area (Å²) in [4.78, 5) is 7.21. The number of rotatable bonds is 9. The normalized spacial score (nSPS) is 14.8. The predicted molar refractivity (Wildman–Crippen MR) is 157 cm³/mol. The smallest absolute Gasteiger partial charge is 0.160 e. The van der Waals surface area contributed by atoms with Gasteiger partial charge in [-0.2, -0.15) is 32.4 Å². The molecule has 0 spiro atoms. The topological polar surface area (TPSA) is 114 Å². The van der Waals surface area contributed by atoms with Crippen LogP contribution in [0.3, 0.4) is 0 Å². The van der Waals surface area contributed by atoms with Crippen LogP contribution in [-0.4, -0.2) is 78.9 Å². The molecule has 2 N–H and O–H groups in total. The number of nitrogens with two attached hydrogens (primary N) is 1. The molecule has 1 atom stereocenters. The van der Waals surface area contributed by atoms with Crippen molar-refractivity contribution < 1.29 is 9.47 Å². The molecule has 40 heavy (non-hydrogen) atoms. The SMILES string of the molecule is Cc1cccc(-c2ccn(-c3cc(N4CCOCC4)n4nc(-c5cc(C)n(COCC(N)CS)n5)cc4n3)n2)c1. The van der Waals surface area contributed by atoms with Crippen molar-refractivity contribution in [3.8, 4) is 28.5 Å². The molecule has 0 bridgehead atoms. The van der Waals surface area contributed by atoms with Gasteiger partial charge in [0.2, 0.25) is 0 Å². The summed E-state index contributed by atoms with van der Waals surface area (Å²) in [5.41, 5.74) is 12.2. The summed E-state index contributed by atoms with van der Waals surface area (Å²) in [6, 6.07) is 16.2. The Morgan fingerprint density at radius 3 is 2.62 bits per heavy atom. The van der Waals surface area contributed by atoms with Gasteiger partial charge in [-0.15, -0.1) is 0 Å². The molecule has 1 fully saturated rings. The Kier molecular flexibility index (Phi) is 7.57. The summed E-state index contributed by atoms with van der Waals surface area (Å²) in [6.07, 6.45) is 1.95. The molecule has 208 valence electrons. The molecule has 6 rings (SSSR count). The number of ether oxygens (including phenoxy) is 2. The number of fused-ring (bicyclic) bond motifs is 1. The minimum Gasteiger partial charge on any atom is -0.378 e. The van der Waals surface area contributed by atoms with E-state index < -0.39 is 0 Å². The van der Waals surface area contributed by atoms with Crippen molar-refractivity contribution in [2.75, 3.05) is 43.6 Å². The molecule has 1 aromatic carbocycles. The molecule has 12 heteroatoms. The number of benzene rings is 1. The highest BCUT2D eigenvalue weighted by molar-refractivity contribution is 7.80. The van der Waals surface area contributed by atoms with E-state index in [2.05, 4.69) is 42.7 Å². The monoisotopic (exact) mass is 559 g/mol. The fourth-order valence-corrected chi connectivity index (χ4v) is 4.83. The lowest BCUT2D eigenvalue weighted by atomic mass is 10.1. The summed E-state index contributed by atoms with van der Waals surface area (Å²) >= 11 is 4.21. The molecule has 0 aliphatic carbocycles. The number of hydrogen-bond donors (Lipinski definition) is 2. The van der Waals surface area contributed by atoms with Crippen molar-refractivity contribution in [3.05, 3.63) is 66.0 Å². The van der Waals surface area contributed by atoms with Gasteiger partial charge in [-0.25, -0.2) is 14.3 Å². The van der Waals surface area contributed by atoms with E-state index in [0.717, 1.165) is 53.1 Å². The third-order valence-corrected chi connectivity index (χ3v) is 7.36. The van der Waals surface area contributed by atoms with Gasteiger partial charge in [0.1, 0.15) is 23.9 Å². The van der Waals surface area contributed by atoms with Crippen molar-refractivity contribution >= 4 is 24.1 Å². The number of morpholine rings is 1. The summed E-state index contributed by atoms with van der Waals surface area (Å²) in [7, 11) is 0. The Hall–Kier alpha value is -3.71. The first-order chi connectivity index (χ1) is 19.5. The molecule has 1 unspecified atom stereocenters. The van der Waals surface area contributed by atoms with Crippen LogP contribution in [0.2, 0.25) is 0 Å². The van der Waals surface area contributed by atoms with Gasteiger partial charge in [-0.1, -0.05) is 23.8 Å². The molecule has 4 aromatic heterocycles. The van der Waals surface area contributed by atoms with E-state index in [-0.39, 0.29) is 6.04 Å². The second-order valence-electron chi connectivity index (χ2n) is 10.00. The molecule has 1 aliphatic rings. The maximum absolute atomic E-state index is 5.91. The van der Waals surface area contributed by atoms with Gasteiger partial charge in [0.15, 0.2) is 11.5 Å². The molecule has 5 heterocycles. The van der Waals surface area contributed by atoms with E-state index in [0.29, 0.717) is 38.0 Å². The molecule has 5 aromatic rings. The van der Waals surface area contributed by atoms with Gasteiger partial charge >= 0.3 is 0 Å². The van der Waals surface area contributed by atoms with Crippen molar-refractivity contribution in [1.82, 2.24) is 34.2 Å². The number of aryl methyl sites for hydroxylation is 2. The third-order valence-electron chi connectivity index (χ3n) is 6.89. The van der Waals surface area contributed by atoms with Crippen molar-refractivity contribution in [2.24, 2.45) is 5.73 Å². The molecule has 1 saturated heterocycles. The zero-order valence-corrected chi connectivity index (χ0v) is 23.5. The summed E-state index contributed by atoms with van der Waals surface area (Å²) in [5, 5.41) is 14.5. The zero-order chi connectivity index (χ0) is 27.6. The Morgan fingerprint density at radius 1 is 1.00 bits per heavy atom. The molecule has 0 amide bonds. The van der Waals surface area contributed by atoms with Crippen LogP contribution in [0, 0.1) is 13.8 Å². The van der Waals surface area contributed by atoms with Crippen LogP contribution in [0.4, 0.5) is 5.82 Å². The van der Waals surface area contributed by atoms with Gasteiger partial charge in [0.05, 0.1) is 25.5 Å². The van der Waals surface area contributed by atoms with Gasteiger partial charge in [-0.3, -0.25) is 0 Å². The average molecular weight is 560 g/mol. The minimum atomic E-state index is -0.112. The van der Waals surface area contributed by atoms with Crippen molar-refractivity contribution in [3.63, 3.8) is 0 Å². The van der Waals surface area contributed by atoms with E-state index in [4.69, 9.17) is 35.5 Å². The highest BCUT2D eigenvalue weighted by Crippen LogP contribution is 2.26. The molecule has 11 nitrogen and oxygen atoms in total. The molecular weight excluding hydrogens is 526 g/mol. The number of anilines is 1. The minimum absolute atomic E-state index is 0.112. The highest BCUT2D eigenvalue weighted by atomic mass is 32.1. The fourth-order valence-electron chi connectivity index (χ4n) is 4.73. The van der Waals surface area contributed by atoms with Gasteiger partial charge in [-0.05, 0) is 32.0 Å². The van der Waals surface area contributed by atoms with E-state index in [1.54, 1.807) is 0 Å². The number of thiol groups is 1. The van der Waals surface area contributed by atoms with E-state index in [1.807, 2.05) is 57.3 Å². The van der Waals surface area contributed by atoms with Gasteiger partial charge in [0, 0.05) is 54.5 Å². The van der Waals surface area contributed by atoms with Crippen LogP contribution in [0.15, 0.2) is 54.7 Å². The van der Waals surface area contributed by atoms with Crippen LogP contribution in [0.25, 0.3) is 34.1 Å². The Bertz CT molecular complexity index is 1620. The van der Waals surface area contributed by atoms with Crippen LogP contribution >= 0.6 is 12.6 Å². The van der Waals surface area contributed by atoms with Gasteiger partial charge in [0.25, 0.3) is 0 Å². The number of aromatic nitrogens is 7. The molecule has 0 radical (unpaired) electrons. The Labute approximate surface area is 237 Å². The van der Waals surface area contributed by atoms with Crippen LogP contribution in [0.5, 0.6) is 0 Å². The third kappa shape index (κ3) is 5.48. The lowest BCUT2D eigenvalue weighted by Gasteiger charge is -2.29. The first kappa shape index (κ1) is 26.5. The number of hydrogen-bond acceptors (Lipinski definition) is 9. The van der Waals surface area contributed by atoms with Gasteiger partial charge < -0.3 is 20.1 Å². The van der Waals surface area contributed by atoms with Crippen LogP contribution < -0.4 is 10.6 Å². The Balaban J connectivity index is 1.36. The van der Waals surface area contributed by atoms with E-state index in [1.165, 1.54) is 5.56 Å². The predicted octanol–water partition coefficient (Wildman–Crippen LogP) is 3.13. The number of nitrogens with zero attached hydrogens (tertiary/aromatic N) is 8. The van der Waals surface area contributed by atoms with Crippen molar-refractivity contribution in [1.29, 1.82) is 0 Å². The molecular formula is C28H33N9O2S. The zero-order valence-electron chi connectivity index (χ0n) is 22.6. The molecule has 1 aliphatic heterocycles. The molecule has 0 saturated carbocycles. The van der Waals surface area contributed by atoms with Crippen molar-refractivity contribution in [2.45, 2.75) is 26.6 Å². The maximum Gasteiger partial charge on any atom is 0.160 e. The standard InChI is InChI=1S/C28H33N9O2S/c1-19-4-3-5-21(12-19)23-6-7-35(31-23)26-15-28(34-8-10-38-11-9-34)37-27(30-26)14-25(33-37)24-13-20(2)36(32-24)18-39-16-22(29)17-40/h3-7,12-15,22,40H,8-11,16-18,29H2,1-2H3. The first-order valence-corrected chi connectivity index (χ1v) is 14.0. The second kappa shape index (κ2) is 11.4. The quantitative estimate of drug-likeness (QED) is 0.265. The largest absolute Gasteiger partial charge is 0.378 e. The summed E-state index contributed by atoms with van der Waals surface area (Å²) in [6.45, 7) is 7.65. The summed E-state index contributed by atoms with van der Waals surface area (Å²) in [5.74, 6) is 2.22. The van der Waals surface area contributed by atoms with E-state index >= 15 is 0 Å². The fraction of sp³-hybridized carbons (Fsp3) is 0.357. The summed E-state index contributed by atoms with van der Waals surface area (Å²) < 4.78 is 16.8. The van der Waals surface area contributed by atoms with Crippen LogP contribution in [0.1, 0.15) is 11.3 Å². The second-order valence-corrected chi connectivity index (χ2v) is 10.4.